The molecule has 0 spiro atoms. The fraction of sp³-hybridized carbons (Fsp3) is 0.500. The minimum absolute atomic E-state index is 0.235. The van der Waals surface area contributed by atoms with Gasteiger partial charge in [0.15, 0.2) is 11.5 Å². The third-order valence-electron chi connectivity index (χ3n) is 2.64. The predicted molar refractivity (Wildman–Crippen MR) is 62.8 cm³/mol. The van der Waals surface area contributed by atoms with Gasteiger partial charge >= 0.3 is 0 Å². The molecule has 0 amide bonds. The molecule has 0 fully saturated rings. The highest BCUT2D eigenvalue weighted by Crippen LogP contribution is 2.21. The van der Waals surface area contributed by atoms with Crippen molar-refractivity contribution in [1.29, 1.82) is 0 Å². The number of nitrogen functional groups attached to an aromatic ring is 1. The van der Waals surface area contributed by atoms with Gasteiger partial charge in [-0.3, -0.25) is 0 Å². The first-order chi connectivity index (χ1) is 7.76. The summed E-state index contributed by atoms with van der Waals surface area (Å²) < 4.78 is 0. The predicted octanol–water partition coefficient (Wildman–Crippen LogP) is 0.777. The van der Waals surface area contributed by atoms with Gasteiger partial charge in [0.2, 0.25) is 0 Å². The minimum atomic E-state index is 0.235. The number of rotatable bonds is 4. The minimum Gasteiger partial charge on any atom is -0.382 e. The summed E-state index contributed by atoms with van der Waals surface area (Å²) >= 11 is 0. The number of aromatic nitrogens is 4. The van der Waals surface area contributed by atoms with Crippen LogP contribution in [0.4, 0.5) is 5.82 Å². The molecule has 16 heavy (non-hydrogen) atoms. The standard InChI is InChI=1S/C10H16N6/c1-2-3-6(4-11)9-15-7-8(12)13-5-14-10(7)16-9/h5-6H,2-4,11H2,1H3,(H3,12,13,14,15,16). The number of nitrogens with one attached hydrogen (secondary N) is 1. The zero-order valence-electron chi connectivity index (χ0n) is 9.27. The second-order valence-electron chi connectivity index (χ2n) is 3.80. The van der Waals surface area contributed by atoms with Gasteiger partial charge in [-0.05, 0) is 6.42 Å². The number of nitrogens with two attached hydrogens (primary N) is 2. The van der Waals surface area contributed by atoms with E-state index < -0.39 is 0 Å². The summed E-state index contributed by atoms with van der Waals surface area (Å²) in [5.74, 6) is 1.51. The Kier molecular flexibility index (Phi) is 3.00. The van der Waals surface area contributed by atoms with Gasteiger partial charge in [-0.1, -0.05) is 13.3 Å². The van der Waals surface area contributed by atoms with Crippen molar-refractivity contribution < 1.29 is 0 Å². The molecule has 0 radical (unpaired) electrons. The quantitative estimate of drug-likeness (QED) is 0.705. The van der Waals surface area contributed by atoms with E-state index in [9.17, 15) is 0 Å². The Labute approximate surface area is 93.5 Å². The highest BCUT2D eigenvalue weighted by atomic mass is 15.1. The molecule has 2 aromatic rings. The largest absolute Gasteiger partial charge is 0.382 e. The Hall–Kier alpha value is -1.69. The highest BCUT2D eigenvalue weighted by molar-refractivity contribution is 5.81. The molecule has 0 aliphatic rings. The van der Waals surface area contributed by atoms with E-state index in [2.05, 4.69) is 26.9 Å². The molecule has 2 rings (SSSR count). The van der Waals surface area contributed by atoms with Crippen molar-refractivity contribution in [1.82, 2.24) is 19.9 Å². The Morgan fingerprint density at radius 3 is 2.88 bits per heavy atom. The van der Waals surface area contributed by atoms with E-state index in [0.29, 0.717) is 23.5 Å². The smallest absolute Gasteiger partial charge is 0.183 e. The van der Waals surface area contributed by atoms with Gasteiger partial charge < -0.3 is 16.5 Å². The fourth-order valence-electron chi connectivity index (χ4n) is 1.77. The van der Waals surface area contributed by atoms with Crippen molar-refractivity contribution >= 4 is 17.0 Å². The van der Waals surface area contributed by atoms with Crippen LogP contribution in [-0.2, 0) is 0 Å². The number of imidazole rings is 1. The molecule has 0 bridgehead atoms. The molecular formula is C10H16N6. The van der Waals surface area contributed by atoms with Gasteiger partial charge in [-0.2, -0.15) is 0 Å². The van der Waals surface area contributed by atoms with Gasteiger partial charge in [-0.15, -0.1) is 0 Å². The number of hydrogen-bond donors (Lipinski definition) is 3. The maximum Gasteiger partial charge on any atom is 0.183 e. The topological polar surface area (TPSA) is 106 Å². The van der Waals surface area contributed by atoms with Crippen molar-refractivity contribution in [3.8, 4) is 0 Å². The van der Waals surface area contributed by atoms with Gasteiger partial charge in [0.1, 0.15) is 17.7 Å². The fourth-order valence-corrected chi connectivity index (χ4v) is 1.77. The first-order valence-electron chi connectivity index (χ1n) is 5.42. The van der Waals surface area contributed by atoms with E-state index in [4.69, 9.17) is 11.5 Å². The molecular weight excluding hydrogens is 204 g/mol. The summed E-state index contributed by atoms with van der Waals surface area (Å²) in [5, 5.41) is 0. The summed E-state index contributed by atoms with van der Waals surface area (Å²) in [6.07, 6.45) is 3.49. The highest BCUT2D eigenvalue weighted by Gasteiger charge is 2.15. The van der Waals surface area contributed by atoms with Gasteiger partial charge in [-0.25, -0.2) is 15.0 Å². The molecule has 6 heteroatoms. The Morgan fingerprint density at radius 1 is 1.44 bits per heavy atom. The van der Waals surface area contributed by atoms with Crippen molar-refractivity contribution in [2.24, 2.45) is 5.73 Å². The number of aromatic amines is 1. The van der Waals surface area contributed by atoms with Crippen LogP contribution in [0.25, 0.3) is 11.2 Å². The van der Waals surface area contributed by atoms with Crippen LogP contribution in [0.5, 0.6) is 0 Å². The maximum atomic E-state index is 5.73. The van der Waals surface area contributed by atoms with Crippen LogP contribution in [0, 0.1) is 0 Å². The van der Waals surface area contributed by atoms with Crippen molar-refractivity contribution in [3.05, 3.63) is 12.2 Å². The van der Waals surface area contributed by atoms with Gasteiger partial charge in [0.25, 0.3) is 0 Å². The van der Waals surface area contributed by atoms with Crippen LogP contribution in [0.15, 0.2) is 6.33 Å². The van der Waals surface area contributed by atoms with Crippen LogP contribution < -0.4 is 11.5 Å². The lowest BCUT2D eigenvalue weighted by atomic mass is 10.0. The van der Waals surface area contributed by atoms with Crippen LogP contribution >= 0.6 is 0 Å². The van der Waals surface area contributed by atoms with E-state index in [-0.39, 0.29) is 5.92 Å². The SMILES string of the molecule is CCCC(CN)c1nc2ncnc(N)c2[nH]1. The lowest BCUT2D eigenvalue weighted by Gasteiger charge is -2.09. The van der Waals surface area contributed by atoms with Gasteiger partial charge in [0.05, 0.1) is 0 Å². The third-order valence-corrected chi connectivity index (χ3v) is 2.64. The van der Waals surface area contributed by atoms with E-state index in [1.54, 1.807) is 0 Å². The first kappa shape index (κ1) is 10.8. The Morgan fingerprint density at radius 2 is 2.25 bits per heavy atom. The van der Waals surface area contributed by atoms with E-state index >= 15 is 0 Å². The molecule has 2 aromatic heterocycles. The zero-order valence-corrected chi connectivity index (χ0v) is 9.27. The molecule has 0 aliphatic heterocycles. The normalized spacial score (nSPS) is 13.1. The maximum absolute atomic E-state index is 5.73. The van der Waals surface area contributed by atoms with Crippen LogP contribution in [0.1, 0.15) is 31.5 Å². The third kappa shape index (κ3) is 1.83. The van der Waals surface area contributed by atoms with E-state index in [0.717, 1.165) is 18.7 Å². The second-order valence-corrected chi connectivity index (χ2v) is 3.80. The molecule has 6 nitrogen and oxygen atoms in total. The number of H-pyrrole nitrogens is 1. The number of fused-ring (bicyclic) bond motifs is 1. The van der Waals surface area contributed by atoms with Crippen molar-refractivity contribution in [2.75, 3.05) is 12.3 Å². The van der Waals surface area contributed by atoms with E-state index in [1.165, 1.54) is 6.33 Å². The Balaban J connectivity index is 2.42. The average molecular weight is 220 g/mol. The lowest BCUT2D eigenvalue weighted by Crippen LogP contribution is -2.13. The summed E-state index contributed by atoms with van der Waals surface area (Å²) in [4.78, 5) is 15.5. The molecule has 1 unspecified atom stereocenters. The number of nitrogens with zero attached hydrogens (tertiary/aromatic N) is 3. The number of anilines is 1. The molecule has 0 saturated carbocycles. The summed E-state index contributed by atoms with van der Waals surface area (Å²) in [7, 11) is 0. The number of hydrogen-bond acceptors (Lipinski definition) is 5. The van der Waals surface area contributed by atoms with Crippen LogP contribution in [0.2, 0.25) is 0 Å². The molecule has 0 aromatic carbocycles. The molecule has 0 aliphatic carbocycles. The summed E-state index contributed by atoms with van der Waals surface area (Å²) in [6.45, 7) is 2.69. The monoisotopic (exact) mass is 220 g/mol. The molecule has 2 heterocycles. The molecule has 0 saturated heterocycles. The second kappa shape index (κ2) is 4.44. The molecule has 86 valence electrons. The molecule has 5 N–H and O–H groups in total. The summed E-state index contributed by atoms with van der Waals surface area (Å²) in [6, 6.07) is 0. The van der Waals surface area contributed by atoms with Crippen LogP contribution in [-0.4, -0.2) is 26.5 Å². The average Bonchev–Trinajstić information content (AvgIpc) is 2.71. The zero-order chi connectivity index (χ0) is 11.5. The lowest BCUT2D eigenvalue weighted by molar-refractivity contribution is 0.596. The first-order valence-corrected chi connectivity index (χ1v) is 5.42. The van der Waals surface area contributed by atoms with Crippen molar-refractivity contribution in [2.45, 2.75) is 25.7 Å². The Bertz CT molecular complexity index is 477. The van der Waals surface area contributed by atoms with Gasteiger partial charge in [0, 0.05) is 12.5 Å². The van der Waals surface area contributed by atoms with Crippen LogP contribution in [0.3, 0.4) is 0 Å². The molecule has 1 atom stereocenters. The van der Waals surface area contributed by atoms with Crippen molar-refractivity contribution in [3.63, 3.8) is 0 Å². The van der Waals surface area contributed by atoms with E-state index in [1.807, 2.05) is 0 Å². The summed E-state index contributed by atoms with van der Waals surface area (Å²) in [5.41, 5.74) is 12.8.